The van der Waals surface area contributed by atoms with Gasteiger partial charge in [-0.15, -0.1) is 0 Å². The number of rotatable bonds is 3. The maximum atomic E-state index is 13.0. The summed E-state index contributed by atoms with van der Waals surface area (Å²) in [6.45, 7) is 1.85. The van der Waals surface area contributed by atoms with Gasteiger partial charge < -0.3 is 0 Å². The zero-order chi connectivity index (χ0) is 17.6. The van der Waals surface area contributed by atoms with Crippen LogP contribution < -0.4 is 5.48 Å². The molecule has 0 spiro atoms. The molecule has 0 bridgehead atoms. The van der Waals surface area contributed by atoms with Crippen LogP contribution >= 0.6 is 15.9 Å². The third kappa shape index (κ3) is 2.58. The third-order valence-corrected chi connectivity index (χ3v) is 5.05. The summed E-state index contributed by atoms with van der Waals surface area (Å²) in [5.74, 6) is -0.648. The molecule has 0 radical (unpaired) electrons. The first-order valence-corrected chi connectivity index (χ1v) is 8.71. The van der Waals surface area contributed by atoms with E-state index in [0.717, 1.165) is 15.6 Å². The number of hydrogen-bond donors (Lipinski definition) is 1. The molecule has 5 nitrogen and oxygen atoms in total. The molecule has 126 valence electrons. The van der Waals surface area contributed by atoms with Gasteiger partial charge in [-0.3, -0.25) is 24.8 Å². The summed E-state index contributed by atoms with van der Waals surface area (Å²) in [6.07, 6.45) is -0.891. The quantitative estimate of drug-likeness (QED) is 0.806. The van der Waals surface area contributed by atoms with Gasteiger partial charge in [0.15, 0.2) is 6.10 Å². The molecule has 4 rings (SSSR count). The summed E-state index contributed by atoms with van der Waals surface area (Å²) in [4.78, 5) is 32.4. The zero-order valence-corrected chi connectivity index (χ0v) is 15.0. The van der Waals surface area contributed by atoms with E-state index in [0.29, 0.717) is 11.3 Å². The minimum absolute atomic E-state index is 0.311. The molecular formula is C19H15BrN2O3. The van der Waals surface area contributed by atoms with Crippen molar-refractivity contribution >= 4 is 33.4 Å². The molecule has 1 fully saturated rings. The molecule has 2 amide bonds. The van der Waals surface area contributed by atoms with E-state index in [2.05, 4.69) is 21.4 Å². The summed E-state index contributed by atoms with van der Waals surface area (Å²) >= 11 is 3.39. The highest BCUT2D eigenvalue weighted by atomic mass is 79.9. The van der Waals surface area contributed by atoms with Crippen molar-refractivity contribution in [2.24, 2.45) is 0 Å². The maximum absolute atomic E-state index is 13.0. The van der Waals surface area contributed by atoms with E-state index in [9.17, 15) is 9.59 Å². The van der Waals surface area contributed by atoms with Crippen molar-refractivity contribution in [3.8, 4) is 0 Å². The first kappa shape index (κ1) is 16.1. The van der Waals surface area contributed by atoms with Crippen LogP contribution in [0.3, 0.4) is 0 Å². The molecule has 0 unspecified atom stereocenters. The number of nitrogens with zero attached hydrogens (tertiary/aromatic N) is 1. The summed E-state index contributed by atoms with van der Waals surface area (Å²) in [7, 11) is 0. The smallest absolute Gasteiger partial charge is 0.266 e. The van der Waals surface area contributed by atoms with Crippen LogP contribution in [0.4, 0.5) is 0 Å². The van der Waals surface area contributed by atoms with Crippen molar-refractivity contribution in [3.63, 3.8) is 0 Å². The average molecular weight is 399 g/mol. The van der Waals surface area contributed by atoms with Gasteiger partial charge in [0.2, 0.25) is 0 Å². The lowest BCUT2D eigenvalue weighted by molar-refractivity contribution is -0.145. The first-order valence-electron chi connectivity index (χ1n) is 7.92. The van der Waals surface area contributed by atoms with Crippen LogP contribution in [-0.2, 0) is 14.4 Å². The monoisotopic (exact) mass is 398 g/mol. The Hall–Kier alpha value is -2.44. The van der Waals surface area contributed by atoms with E-state index in [4.69, 9.17) is 4.84 Å². The topological polar surface area (TPSA) is 58.6 Å². The largest absolute Gasteiger partial charge is 0.271 e. The van der Waals surface area contributed by atoms with Crippen LogP contribution in [0.15, 0.2) is 64.6 Å². The fourth-order valence-corrected chi connectivity index (χ4v) is 3.45. The highest BCUT2D eigenvalue weighted by Gasteiger charge is 2.51. The van der Waals surface area contributed by atoms with Crippen LogP contribution in [0.5, 0.6) is 0 Å². The van der Waals surface area contributed by atoms with Crippen molar-refractivity contribution in [1.29, 1.82) is 0 Å². The van der Waals surface area contributed by atoms with Gasteiger partial charge in [-0.2, -0.15) is 0 Å². The van der Waals surface area contributed by atoms with Crippen molar-refractivity contribution < 1.29 is 14.4 Å². The summed E-state index contributed by atoms with van der Waals surface area (Å²) in [5.41, 5.74) is 5.38. The van der Waals surface area contributed by atoms with E-state index in [1.807, 2.05) is 61.5 Å². The molecule has 2 atom stereocenters. The maximum Gasteiger partial charge on any atom is 0.266 e. The van der Waals surface area contributed by atoms with Crippen molar-refractivity contribution in [2.45, 2.75) is 19.1 Å². The molecule has 6 heteroatoms. The zero-order valence-electron chi connectivity index (χ0n) is 13.4. The molecule has 0 saturated carbocycles. The number of benzene rings is 2. The number of likely N-dealkylation sites (tertiary alicyclic amines) is 1. The van der Waals surface area contributed by atoms with Gasteiger partial charge in [-0.1, -0.05) is 58.4 Å². The molecule has 2 heterocycles. The standard InChI is InChI=1S/C19H15BrN2O3/c1-11(12-5-3-2-4-6-12)22-18(23)15-16(21-25-17(15)19(22)24)13-7-9-14(20)10-8-13/h2-11,17,21H,1H3/t11-,17+/m1/s1. The van der Waals surface area contributed by atoms with Crippen molar-refractivity contribution in [1.82, 2.24) is 10.4 Å². The second-order valence-electron chi connectivity index (χ2n) is 6.00. The number of hydroxylamine groups is 1. The van der Waals surface area contributed by atoms with E-state index < -0.39 is 6.10 Å². The Balaban J connectivity index is 1.73. The molecular weight excluding hydrogens is 384 g/mol. The number of carbonyl (C=O) groups excluding carboxylic acids is 2. The van der Waals surface area contributed by atoms with Gasteiger partial charge in [0.25, 0.3) is 11.8 Å². The minimum atomic E-state index is -0.891. The Labute approximate surface area is 153 Å². The Morgan fingerprint density at radius 2 is 1.76 bits per heavy atom. The van der Waals surface area contributed by atoms with Crippen LogP contribution in [-0.4, -0.2) is 22.8 Å². The number of nitrogens with one attached hydrogen (secondary N) is 1. The third-order valence-electron chi connectivity index (χ3n) is 4.52. The second kappa shape index (κ2) is 6.13. The Bertz CT molecular complexity index is 877. The van der Waals surface area contributed by atoms with Gasteiger partial charge in [-0.05, 0) is 24.6 Å². The predicted octanol–water partition coefficient (Wildman–Crippen LogP) is 3.19. The van der Waals surface area contributed by atoms with Crippen molar-refractivity contribution in [2.75, 3.05) is 0 Å². The van der Waals surface area contributed by atoms with Gasteiger partial charge >= 0.3 is 0 Å². The van der Waals surface area contributed by atoms with E-state index >= 15 is 0 Å². The number of fused-ring (bicyclic) bond motifs is 1. The summed E-state index contributed by atoms with van der Waals surface area (Å²) < 4.78 is 0.936. The highest BCUT2D eigenvalue weighted by Crippen LogP contribution is 2.37. The molecule has 2 aromatic carbocycles. The fourth-order valence-electron chi connectivity index (χ4n) is 3.19. The van der Waals surface area contributed by atoms with Crippen molar-refractivity contribution in [3.05, 3.63) is 75.8 Å². The highest BCUT2D eigenvalue weighted by molar-refractivity contribution is 9.10. The SMILES string of the molecule is C[C@H](c1ccccc1)N1C(=O)C2=C(c3ccc(Br)cc3)NO[C@@H]2C1=O. The van der Waals surface area contributed by atoms with Gasteiger partial charge in [0.05, 0.1) is 17.3 Å². The summed E-state index contributed by atoms with van der Waals surface area (Å²) in [6, 6.07) is 16.6. The lowest BCUT2D eigenvalue weighted by Gasteiger charge is -2.23. The predicted molar refractivity (Wildman–Crippen MR) is 95.8 cm³/mol. The number of hydrogen-bond acceptors (Lipinski definition) is 4. The number of carbonyl (C=O) groups is 2. The molecule has 0 aromatic heterocycles. The molecule has 0 aliphatic carbocycles. The molecule has 1 saturated heterocycles. The molecule has 2 aliphatic heterocycles. The van der Waals surface area contributed by atoms with Crippen LogP contribution in [0.2, 0.25) is 0 Å². The summed E-state index contributed by atoms with van der Waals surface area (Å²) in [5, 5.41) is 0. The molecule has 1 N–H and O–H groups in total. The second-order valence-corrected chi connectivity index (χ2v) is 6.91. The number of imide groups is 1. The Morgan fingerprint density at radius 3 is 2.44 bits per heavy atom. The van der Waals surface area contributed by atoms with Crippen LogP contribution in [0.25, 0.3) is 5.70 Å². The lowest BCUT2D eigenvalue weighted by atomic mass is 10.0. The Morgan fingerprint density at radius 1 is 1.08 bits per heavy atom. The molecule has 2 aromatic rings. The fraction of sp³-hybridized carbons (Fsp3) is 0.158. The first-order chi connectivity index (χ1) is 12.1. The minimum Gasteiger partial charge on any atom is -0.271 e. The van der Waals surface area contributed by atoms with Crippen LogP contribution in [0, 0.1) is 0 Å². The van der Waals surface area contributed by atoms with Gasteiger partial charge in [0.1, 0.15) is 0 Å². The number of amides is 2. The number of halogens is 1. The lowest BCUT2D eigenvalue weighted by Crippen LogP contribution is -2.36. The Kier molecular flexibility index (Phi) is 3.94. The van der Waals surface area contributed by atoms with E-state index in [1.165, 1.54) is 4.90 Å². The molecule has 2 aliphatic rings. The average Bonchev–Trinajstić information content (AvgIpc) is 3.17. The molecule has 25 heavy (non-hydrogen) atoms. The normalized spacial score (nSPS) is 20.7. The van der Waals surface area contributed by atoms with Crippen LogP contribution in [0.1, 0.15) is 24.1 Å². The van der Waals surface area contributed by atoms with Gasteiger partial charge in [0, 0.05) is 10.0 Å². The van der Waals surface area contributed by atoms with E-state index in [-0.39, 0.29) is 17.9 Å². The van der Waals surface area contributed by atoms with Gasteiger partial charge in [-0.25, -0.2) is 0 Å². The van der Waals surface area contributed by atoms with E-state index in [1.54, 1.807) is 0 Å².